The van der Waals surface area contributed by atoms with Crippen molar-refractivity contribution in [3.05, 3.63) is 90.0 Å². The Morgan fingerprint density at radius 1 is 0.852 bits per heavy atom. The third-order valence-corrected chi connectivity index (χ3v) is 5.34. The van der Waals surface area contributed by atoms with Crippen LogP contribution in [-0.2, 0) is 10.0 Å². The van der Waals surface area contributed by atoms with Gasteiger partial charge >= 0.3 is 0 Å². The molecule has 0 saturated heterocycles. The number of sulfonamides is 1. The number of carbonyl (C=O) groups excluding carboxylic acids is 1. The Labute approximate surface area is 155 Å². The zero-order valence-corrected chi connectivity index (χ0v) is 14.8. The molecule has 0 atom stereocenters. The number of hydrogen-bond donors (Lipinski definition) is 1. The van der Waals surface area contributed by atoms with E-state index in [4.69, 9.17) is 0 Å². The number of rotatable bonds is 6. The molecule has 3 rings (SSSR count). The first-order valence-corrected chi connectivity index (χ1v) is 9.48. The lowest BCUT2D eigenvalue weighted by Crippen LogP contribution is -2.30. The molecule has 1 N–H and O–H groups in total. The highest BCUT2D eigenvalue weighted by Gasteiger charge is 2.18. The topological polar surface area (TPSA) is 63.2 Å². The molecule has 0 spiro atoms. The molecule has 0 unspecified atom stereocenters. The minimum Gasteiger partial charge on any atom is -0.293 e. The molecule has 27 heavy (non-hydrogen) atoms. The minimum atomic E-state index is -3.88. The normalized spacial score (nSPS) is 11.3. The summed E-state index contributed by atoms with van der Waals surface area (Å²) in [5.41, 5.74) is 0.883. The highest BCUT2D eigenvalue weighted by atomic mass is 32.2. The highest BCUT2D eigenvalue weighted by molar-refractivity contribution is 7.89. The summed E-state index contributed by atoms with van der Waals surface area (Å²) in [4.78, 5) is 12.4. The minimum absolute atomic E-state index is 0.0123. The summed E-state index contributed by atoms with van der Waals surface area (Å²) in [7, 11) is -3.88. The Kier molecular flexibility index (Phi) is 5.43. The summed E-state index contributed by atoms with van der Waals surface area (Å²) in [6.45, 7) is -0.582. The number of benzene rings is 3. The lowest BCUT2D eigenvalue weighted by molar-refractivity contribution is 0.0993. The molecule has 0 fully saturated rings. The zero-order valence-electron chi connectivity index (χ0n) is 14.0. The van der Waals surface area contributed by atoms with Gasteiger partial charge in [-0.3, -0.25) is 4.79 Å². The van der Waals surface area contributed by atoms with E-state index in [0.29, 0.717) is 11.1 Å². The first-order valence-electron chi connectivity index (χ1n) is 8.00. The van der Waals surface area contributed by atoms with Crippen molar-refractivity contribution in [3.8, 4) is 11.1 Å². The molecule has 0 amide bonds. The van der Waals surface area contributed by atoms with Crippen LogP contribution in [0.4, 0.5) is 8.78 Å². The summed E-state index contributed by atoms with van der Waals surface area (Å²) in [6, 6.07) is 17.0. The van der Waals surface area contributed by atoms with Gasteiger partial charge < -0.3 is 0 Å². The van der Waals surface area contributed by atoms with E-state index in [2.05, 4.69) is 4.72 Å². The van der Waals surface area contributed by atoms with Crippen molar-refractivity contribution in [2.45, 2.75) is 4.90 Å². The Bertz CT molecular complexity index is 1070. The molecule has 0 aliphatic rings. The Balaban J connectivity index is 1.80. The first kappa shape index (κ1) is 18.9. The number of hydrogen-bond acceptors (Lipinski definition) is 3. The fourth-order valence-electron chi connectivity index (χ4n) is 2.50. The van der Waals surface area contributed by atoms with Crippen LogP contribution in [0.2, 0.25) is 0 Å². The number of ketones is 1. The second-order valence-electron chi connectivity index (χ2n) is 5.76. The lowest BCUT2D eigenvalue weighted by atomic mass is 10.0. The van der Waals surface area contributed by atoms with Gasteiger partial charge in [0.2, 0.25) is 10.0 Å². The van der Waals surface area contributed by atoms with Gasteiger partial charge in [-0.15, -0.1) is 0 Å². The molecule has 0 saturated carbocycles. The fourth-order valence-corrected chi connectivity index (χ4v) is 3.50. The molecule has 0 heterocycles. The summed E-state index contributed by atoms with van der Waals surface area (Å²) in [6.07, 6.45) is 0. The molecule has 4 nitrogen and oxygen atoms in total. The second-order valence-corrected chi connectivity index (χ2v) is 7.53. The molecule has 7 heteroatoms. The van der Waals surface area contributed by atoms with Crippen molar-refractivity contribution in [2.24, 2.45) is 0 Å². The van der Waals surface area contributed by atoms with Crippen LogP contribution < -0.4 is 4.72 Å². The molecule has 0 bridgehead atoms. The van der Waals surface area contributed by atoms with Gasteiger partial charge in [0.25, 0.3) is 0 Å². The highest BCUT2D eigenvalue weighted by Crippen LogP contribution is 2.23. The molecule has 0 radical (unpaired) electrons. The summed E-state index contributed by atoms with van der Waals surface area (Å²) < 4.78 is 53.7. The van der Waals surface area contributed by atoms with Crippen molar-refractivity contribution in [3.63, 3.8) is 0 Å². The van der Waals surface area contributed by atoms with Gasteiger partial charge in [0.05, 0.1) is 17.0 Å². The second kappa shape index (κ2) is 7.77. The lowest BCUT2D eigenvalue weighted by Gasteiger charge is -2.09. The van der Waals surface area contributed by atoms with E-state index in [-0.39, 0.29) is 10.5 Å². The number of halogens is 2. The molecule has 0 aliphatic heterocycles. The first-order chi connectivity index (χ1) is 12.9. The third-order valence-electron chi connectivity index (χ3n) is 3.92. The van der Waals surface area contributed by atoms with E-state index in [0.717, 1.165) is 6.07 Å². The summed E-state index contributed by atoms with van der Waals surface area (Å²) in [5, 5.41) is 0. The van der Waals surface area contributed by atoms with Gasteiger partial charge in [-0.05, 0) is 47.5 Å². The monoisotopic (exact) mass is 387 g/mol. The van der Waals surface area contributed by atoms with Gasteiger partial charge in [0.15, 0.2) is 5.78 Å². The quantitative estimate of drug-likeness (QED) is 0.655. The Morgan fingerprint density at radius 3 is 2.15 bits per heavy atom. The van der Waals surface area contributed by atoms with Crippen LogP contribution in [0.5, 0.6) is 0 Å². The average Bonchev–Trinajstić information content (AvgIpc) is 2.68. The van der Waals surface area contributed by atoms with Crippen LogP contribution in [0.15, 0.2) is 77.7 Å². The van der Waals surface area contributed by atoms with Gasteiger partial charge in [0.1, 0.15) is 11.6 Å². The molecular weight excluding hydrogens is 372 g/mol. The van der Waals surface area contributed by atoms with Gasteiger partial charge in [-0.1, -0.05) is 36.4 Å². The maximum Gasteiger partial charge on any atom is 0.240 e. The van der Waals surface area contributed by atoms with Crippen LogP contribution in [0.1, 0.15) is 10.4 Å². The van der Waals surface area contributed by atoms with Crippen molar-refractivity contribution in [1.82, 2.24) is 4.72 Å². The van der Waals surface area contributed by atoms with E-state index in [9.17, 15) is 22.0 Å². The molecule has 3 aromatic rings. The Hall–Kier alpha value is -2.90. The Morgan fingerprint density at radius 2 is 1.48 bits per heavy atom. The third kappa shape index (κ3) is 4.45. The predicted molar refractivity (Wildman–Crippen MR) is 97.8 cm³/mol. The maximum atomic E-state index is 14.1. The molecule has 0 aliphatic carbocycles. The van der Waals surface area contributed by atoms with Crippen LogP contribution in [0.25, 0.3) is 11.1 Å². The molecular formula is C20H15F2NO3S. The molecule has 0 aromatic heterocycles. The van der Waals surface area contributed by atoms with E-state index in [1.54, 1.807) is 18.2 Å². The van der Waals surface area contributed by atoms with E-state index < -0.39 is 34.0 Å². The molecule has 138 valence electrons. The predicted octanol–water partition coefficient (Wildman–Crippen LogP) is 3.79. The standard InChI is InChI=1S/C20H15F2NO3S/c21-16-9-6-14(7-10-16)15-8-11-19(22)18(12-15)20(24)13-23-27(25,26)17-4-2-1-3-5-17/h1-12,23H,13H2. The summed E-state index contributed by atoms with van der Waals surface area (Å²) >= 11 is 0. The van der Waals surface area contributed by atoms with E-state index in [1.165, 1.54) is 48.5 Å². The van der Waals surface area contributed by atoms with Crippen molar-refractivity contribution < 1.29 is 22.0 Å². The molecule has 3 aromatic carbocycles. The fraction of sp³-hybridized carbons (Fsp3) is 0.0500. The summed E-state index contributed by atoms with van der Waals surface area (Å²) in [5.74, 6) is -1.88. The maximum absolute atomic E-state index is 14.1. The largest absolute Gasteiger partial charge is 0.293 e. The van der Waals surface area contributed by atoms with Gasteiger partial charge in [-0.2, -0.15) is 0 Å². The van der Waals surface area contributed by atoms with E-state index in [1.807, 2.05) is 0 Å². The van der Waals surface area contributed by atoms with E-state index >= 15 is 0 Å². The van der Waals surface area contributed by atoms with Crippen LogP contribution in [-0.4, -0.2) is 20.7 Å². The number of carbonyl (C=O) groups is 1. The number of Topliss-reactive ketones (excluding diaryl/α,β-unsaturated/α-hetero) is 1. The SMILES string of the molecule is O=C(CNS(=O)(=O)c1ccccc1)c1cc(-c2ccc(F)cc2)ccc1F. The van der Waals surface area contributed by atoms with Crippen molar-refractivity contribution in [1.29, 1.82) is 0 Å². The van der Waals surface area contributed by atoms with Gasteiger partial charge in [-0.25, -0.2) is 21.9 Å². The average molecular weight is 387 g/mol. The number of nitrogens with one attached hydrogen (secondary N) is 1. The van der Waals surface area contributed by atoms with Crippen LogP contribution >= 0.6 is 0 Å². The van der Waals surface area contributed by atoms with Crippen LogP contribution in [0.3, 0.4) is 0 Å². The van der Waals surface area contributed by atoms with Crippen LogP contribution in [0, 0.1) is 11.6 Å². The van der Waals surface area contributed by atoms with Crippen molar-refractivity contribution >= 4 is 15.8 Å². The smallest absolute Gasteiger partial charge is 0.240 e. The zero-order chi connectivity index (χ0) is 19.4. The van der Waals surface area contributed by atoms with Crippen molar-refractivity contribution in [2.75, 3.05) is 6.54 Å². The van der Waals surface area contributed by atoms with Gasteiger partial charge in [0, 0.05) is 0 Å².